The second-order valence-corrected chi connectivity index (χ2v) is 8.94. The first-order valence-corrected chi connectivity index (χ1v) is 11.0. The van der Waals surface area contributed by atoms with Crippen molar-refractivity contribution in [3.05, 3.63) is 82.9 Å². The first kappa shape index (κ1) is 20.6. The van der Waals surface area contributed by atoms with Gasteiger partial charge in [-0.2, -0.15) is 0 Å². The van der Waals surface area contributed by atoms with Crippen molar-refractivity contribution in [3.8, 4) is 5.69 Å². The van der Waals surface area contributed by atoms with E-state index in [0.717, 1.165) is 17.4 Å². The molecule has 2 atom stereocenters. The van der Waals surface area contributed by atoms with Gasteiger partial charge in [-0.05, 0) is 68.7 Å². The molecular formula is C25H30N4S. The molecule has 0 spiro atoms. The van der Waals surface area contributed by atoms with E-state index in [0.29, 0.717) is 5.92 Å². The lowest BCUT2D eigenvalue weighted by atomic mass is 9.93. The Morgan fingerprint density at radius 3 is 2.33 bits per heavy atom. The SMILES string of the molecule is Cc1c(C2C(c3ccccn3)NC(=S)N2CC(C)C)c(C)n(-c2ccccc2)c1C. The molecule has 1 saturated heterocycles. The average molecular weight is 419 g/mol. The van der Waals surface area contributed by atoms with E-state index >= 15 is 0 Å². The van der Waals surface area contributed by atoms with Crippen LogP contribution in [0.15, 0.2) is 54.7 Å². The second kappa shape index (κ2) is 8.23. The number of benzene rings is 1. The van der Waals surface area contributed by atoms with Gasteiger partial charge in [-0.25, -0.2) is 0 Å². The van der Waals surface area contributed by atoms with Gasteiger partial charge in [-0.15, -0.1) is 0 Å². The van der Waals surface area contributed by atoms with Crippen LogP contribution in [0.2, 0.25) is 0 Å². The van der Waals surface area contributed by atoms with E-state index in [1.54, 1.807) is 0 Å². The van der Waals surface area contributed by atoms with Gasteiger partial charge < -0.3 is 14.8 Å². The van der Waals surface area contributed by atoms with E-state index in [1.807, 2.05) is 12.3 Å². The van der Waals surface area contributed by atoms with E-state index in [1.165, 1.54) is 28.2 Å². The molecule has 1 aliphatic rings. The summed E-state index contributed by atoms with van der Waals surface area (Å²) in [4.78, 5) is 7.04. The van der Waals surface area contributed by atoms with Crippen molar-refractivity contribution in [3.63, 3.8) is 0 Å². The summed E-state index contributed by atoms with van der Waals surface area (Å²) in [5.41, 5.74) is 7.43. The van der Waals surface area contributed by atoms with Crippen LogP contribution in [-0.4, -0.2) is 26.1 Å². The highest BCUT2D eigenvalue weighted by Crippen LogP contribution is 2.43. The standard InChI is InChI=1S/C25H30N4S/c1-16(2)15-28-24(23(27-25(28)30)21-13-9-10-14-26-21)22-17(3)18(4)29(19(22)5)20-11-7-6-8-12-20/h6-14,16,23-24H,15H2,1-5H3,(H,27,30). The molecule has 0 amide bonds. The summed E-state index contributed by atoms with van der Waals surface area (Å²) in [5.74, 6) is 0.507. The van der Waals surface area contributed by atoms with Gasteiger partial charge in [0.2, 0.25) is 0 Å². The van der Waals surface area contributed by atoms with E-state index in [-0.39, 0.29) is 12.1 Å². The Morgan fingerprint density at radius 2 is 1.70 bits per heavy atom. The quantitative estimate of drug-likeness (QED) is 0.561. The molecule has 2 unspecified atom stereocenters. The van der Waals surface area contributed by atoms with Crippen molar-refractivity contribution in [1.29, 1.82) is 0 Å². The molecule has 5 heteroatoms. The third kappa shape index (κ3) is 3.52. The van der Waals surface area contributed by atoms with Crippen LogP contribution in [-0.2, 0) is 0 Å². The van der Waals surface area contributed by atoms with Gasteiger partial charge in [0.1, 0.15) is 0 Å². The van der Waals surface area contributed by atoms with Crippen molar-refractivity contribution in [1.82, 2.24) is 19.8 Å². The Morgan fingerprint density at radius 1 is 1.00 bits per heavy atom. The number of nitrogens with one attached hydrogen (secondary N) is 1. The van der Waals surface area contributed by atoms with Crippen LogP contribution in [0.5, 0.6) is 0 Å². The number of nitrogens with zero attached hydrogens (tertiary/aromatic N) is 3. The summed E-state index contributed by atoms with van der Waals surface area (Å²) < 4.78 is 2.37. The topological polar surface area (TPSA) is 33.1 Å². The lowest BCUT2D eigenvalue weighted by Gasteiger charge is -2.30. The van der Waals surface area contributed by atoms with Crippen molar-refractivity contribution in [2.24, 2.45) is 5.92 Å². The molecule has 1 aromatic carbocycles. The lowest BCUT2D eigenvalue weighted by molar-refractivity contribution is 0.286. The molecule has 4 nitrogen and oxygen atoms in total. The minimum absolute atomic E-state index is 0.0286. The van der Waals surface area contributed by atoms with Crippen LogP contribution in [0.3, 0.4) is 0 Å². The summed E-state index contributed by atoms with van der Waals surface area (Å²) in [7, 11) is 0. The molecule has 1 N–H and O–H groups in total. The predicted octanol–water partition coefficient (Wildman–Crippen LogP) is 5.43. The van der Waals surface area contributed by atoms with Crippen LogP contribution in [0.1, 0.15) is 54.1 Å². The minimum Gasteiger partial charge on any atom is -0.352 e. The molecular weight excluding hydrogens is 388 g/mol. The van der Waals surface area contributed by atoms with Gasteiger partial charge in [-0.1, -0.05) is 38.1 Å². The molecule has 0 radical (unpaired) electrons. The fourth-order valence-corrected chi connectivity index (χ4v) is 5.03. The zero-order chi connectivity index (χ0) is 21.4. The Balaban J connectivity index is 1.89. The fraction of sp³-hybridized carbons (Fsp3) is 0.360. The Kier molecular flexibility index (Phi) is 5.65. The zero-order valence-corrected chi connectivity index (χ0v) is 19.2. The van der Waals surface area contributed by atoms with Crippen molar-refractivity contribution in [2.75, 3.05) is 6.54 Å². The number of rotatable bonds is 5. The monoisotopic (exact) mass is 418 g/mol. The summed E-state index contributed by atoms with van der Waals surface area (Å²) >= 11 is 5.81. The number of aromatic nitrogens is 2. The van der Waals surface area contributed by atoms with Crippen molar-refractivity contribution >= 4 is 17.3 Å². The van der Waals surface area contributed by atoms with Crippen molar-refractivity contribution < 1.29 is 0 Å². The van der Waals surface area contributed by atoms with Gasteiger partial charge in [0.25, 0.3) is 0 Å². The Hall–Kier alpha value is -2.66. The second-order valence-electron chi connectivity index (χ2n) is 8.55. The zero-order valence-electron chi connectivity index (χ0n) is 18.4. The number of hydrogen-bond donors (Lipinski definition) is 1. The lowest BCUT2D eigenvalue weighted by Crippen LogP contribution is -2.33. The molecule has 0 aliphatic carbocycles. The van der Waals surface area contributed by atoms with Crippen LogP contribution in [0, 0.1) is 26.7 Å². The highest BCUT2D eigenvalue weighted by atomic mass is 32.1. The summed E-state index contributed by atoms with van der Waals surface area (Å²) in [5, 5.41) is 4.40. The normalized spacial score (nSPS) is 18.9. The molecule has 1 aliphatic heterocycles. The highest BCUT2D eigenvalue weighted by molar-refractivity contribution is 7.80. The molecule has 0 saturated carbocycles. The first-order valence-electron chi connectivity index (χ1n) is 10.6. The Bertz CT molecular complexity index is 1040. The van der Waals surface area contributed by atoms with Crippen molar-refractivity contribution in [2.45, 2.75) is 46.7 Å². The maximum Gasteiger partial charge on any atom is 0.170 e. The molecule has 3 heterocycles. The Labute approximate surface area is 184 Å². The van der Waals surface area contributed by atoms with Crippen LogP contribution in [0.4, 0.5) is 0 Å². The van der Waals surface area contributed by atoms with Gasteiger partial charge >= 0.3 is 0 Å². The maximum absolute atomic E-state index is 5.81. The predicted molar refractivity (Wildman–Crippen MR) is 127 cm³/mol. The molecule has 1 fully saturated rings. The minimum atomic E-state index is 0.0286. The average Bonchev–Trinajstić information content (AvgIpc) is 3.16. The molecule has 4 rings (SSSR count). The largest absolute Gasteiger partial charge is 0.352 e. The summed E-state index contributed by atoms with van der Waals surface area (Å²) in [6.07, 6.45) is 1.86. The third-order valence-electron chi connectivity index (χ3n) is 6.08. The number of hydrogen-bond acceptors (Lipinski definition) is 2. The number of thiocarbonyl (C=S) groups is 1. The number of pyridine rings is 1. The van der Waals surface area contributed by atoms with Crippen LogP contribution >= 0.6 is 12.2 Å². The summed E-state index contributed by atoms with van der Waals surface area (Å²) in [6, 6.07) is 16.8. The van der Waals surface area contributed by atoms with Crippen LogP contribution in [0.25, 0.3) is 5.69 Å². The van der Waals surface area contributed by atoms with Gasteiger partial charge in [0.05, 0.1) is 17.8 Å². The maximum atomic E-state index is 5.81. The molecule has 2 aromatic heterocycles. The van der Waals surface area contributed by atoms with Crippen LogP contribution < -0.4 is 5.32 Å². The van der Waals surface area contributed by atoms with E-state index in [4.69, 9.17) is 12.2 Å². The molecule has 3 aromatic rings. The fourth-order valence-electron chi connectivity index (χ4n) is 4.72. The molecule has 0 bridgehead atoms. The third-order valence-corrected chi connectivity index (χ3v) is 6.43. The van der Waals surface area contributed by atoms with E-state index in [9.17, 15) is 0 Å². The highest BCUT2D eigenvalue weighted by Gasteiger charge is 2.42. The molecule has 30 heavy (non-hydrogen) atoms. The van der Waals surface area contributed by atoms with Gasteiger partial charge in [0.15, 0.2) is 5.11 Å². The van der Waals surface area contributed by atoms with E-state index in [2.05, 4.69) is 96.9 Å². The molecule has 156 valence electrons. The smallest absolute Gasteiger partial charge is 0.170 e. The summed E-state index contributed by atoms with van der Waals surface area (Å²) in [6.45, 7) is 12.1. The van der Waals surface area contributed by atoms with Gasteiger partial charge in [-0.3, -0.25) is 4.98 Å². The van der Waals surface area contributed by atoms with E-state index < -0.39 is 0 Å². The first-order chi connectivity index (χ1) is 14.4. The number of para-hydroxylation sites is 1. The van der Waals surface area contributed by atoms with Gasteiger partial charge in [0, 0.05) is 35.4 Å².